The summed E-state index contributed by atoms with van der Waals surface area (Å²) in [6, 6.07) is 34.1. The van der Waals surface area contributed by atoms with E-state index in [1.807, 2.05) is 120 Å². The predicted molar refractivity (Wildman–Crippen MR) is 226 cm³/mol. The Bertz CT molecular complexity index is 2450. The number of likely N-dealkylation sites (tertiary alicyclic amines) is 2. The van der Waals surface area contributed by atoms with Gasteiger partial charge in [-0.3, -0.25) is 9.59 Å². The molecule has 298 valence electrons. The highest BCUT2D eigenvalue weighted by atomic mass is 16.5. The number of benzene rings is 4. The zero-order valence-corrected chi connectivity index (χ0v) is 33.2. The minimum absolute atomic E-state index is 0.0642. The second-order valence-corrected chi connectivity index (χ2v) is 15.0. The Balaban J connectivity index is 0.899. The van der Waals surface area contributed by atoms with Crippen LogP contribution in [-0.2, 0) is 14.3 Å². The fraction of sp³-hybridized carbons (Fsp3) is 0.271. The van der Waals surface area contributed by atoms with Crippen molar-refractivity contribution in [1.82, 2.24) is 35.1 Å². The van der Waals surface area contributed by atoms with E-state index >= 15 is 0 Å². The number of nitrogens with zero attached hydrogens (tertiary/aromatic N) is 4. The molecule has 2 saturated heterocycles. The summed E-state index contributed by atoms with van der Waals surface area (Å²) < 4.78 is 4.82. The first-order valence-electron chi connectivity index (χ1n) is 20.3. The number of imidazole rings is 2. The lowest BCUT2D eigenvalue weighted by Crippen LogP contribution is -2.42. The van der Waals surface area contributed by atoms with Gasteiger partial charge in [0.05, 0.1) is 48.9 Å². The predicted octanol–water partition coefficient (Wildman–Crippen LogP) is 8.48. The molecule has 3 amide bonds. The van der Waals surface area contributed by atoms with Crippen molar-refractivity contribution in [1.29, 1.82) is 0 Å². The summed E-state index contributed by atoms with van der Waals surface area (Å²) in [5.41, 5.74) is 7.22. The summed E-state index contributed by atoms with van der Waals surface area (Å²) >= 11 is 0. The molecule has 2 aliphatic heterocycles. The van der Waals surface area contributed by atoms with Gasteiger partial charge in [-0.1, -0.05) is 104 Å². The van der Waals surface area contributed by atoms with Gasteiger partial charge in [-0.2, -0.15) is 0 Å². The molecule has 4 aromatic carbocycles. The molecule has 2 fully saturated rings. The number of carbonyl (C=O) groups is 3. The standard InChI is InChI=1S/C48H47N7O4/c1-3-38(34-12-6-4-7-13-34)46(56)54-28-10-16-41(54)44-49-30-39(51-44)35-24-20-32(21-25-35)18-19-33-22-26-36(27-23-33)40-31-50-45(52-40)42-17-11-29-55(42)47(57)43(53-48(58)59-2)37-14-8-5-9-15-37/h4-9,12-15,20-27,30-31,38,41-43H,3,10-11,16-17,28-29H2,1-2H3,(H,49,51)(H,50,52)(H,53,58)/t38-,41+,42+,43-/m1/s1. The maximum absolute atomic E-state index is 13.9. The van der Waals surface area contributed by atoms with Crippen molar-refractivity contribution >= 4 is 17.9 Å². The van der Waals surface area contributed by atoms with E-state index in [9.17, 15) is 14.4 Å². The van der Waals surface area contributed by atoms with Gasteiger partial charge in [-0.15, -0.1) is 0 Å². The summed E-state index contributed by atoms with van der Waals surface area (Å²) in [6.45, 7) is 3.37. The van der Waals surface area contributed by atoms with E-state index in [0.29, 0.717) is 17.9 Å². The number of aromatic nitrogens is 4. The van der Waals surface area contributed by atoms with E-state index in [0.717, 1.165) is 83.7 Å². The summed E-state index contributed by atoms with van der Waals surface area (Å²) in [7, 11) is 1.28. The maximum Gasteiger partial charge on any atom is 0.407 e. The van der Waals surface area contributed by atoms with Gasteiger partial charge in [-0.05, 0) is 78.6 Å². The van der Waals surface area contributed by atoms with Crippen LogP contribution in [0.15, 0.2) is 122 Å². The Morgan fingerprint density at radius 2 is 1.17 bits per heavy atom. The van der Waals surface area contributed by atoms with Crippen LogP contribution in [0.1, 0.15) is 97.0 Å². The summed E-state index contributed by atoms with van der Waals surface area (Å²) in [5.74, 6) is 7.88. The lowest BCUT2D eigenvalue weighted by Gasteiger charge is -2.28. The first-order valence-corrected chi connectivity index (χ1v) is 20.3. The number of H-pyrrole nitrogens is 2. The number of hydrogen-bond acceptors (Lipinski definition) is 6. The smallest absolute Gasteiger partial charge is 0.407 e. The number of rotatable bonds is 10. The number of hydrogen-bond donors (Lipinski definition) is 3. The summed E-state index contributed by atoms with van der Waals surface area (Å²) in [6.07, 6.45) is 7.16. The highest BCUT2D eigenvalue weighted by Gasteiger charge is 2.38. The zero-order chi connectivity index (χ0) is 40.7. The van der Waals surface area contributed by atoms with Crippen LogP contribution in [0.2, 0.25) is 0 Å². The number of alkyl carbamates (subject to hydrolysis) is 1. The third-order valence-electron chi connectivity index (χ3n) is 11.4. The molecular weight excluding hydrogens is 739 g/mol. The summed E-state index contributed by atoms with van der Waals surface area (Å²) in [5, 5.41) is 2.71. The van der Waals surface area contributed by atoms with Crippen LogP contribution >= 0.6 is 0 Å². The Kier molecular flexibility index (Phi) is 11.7. The Hall–Kier alpha value is -6.93. The number of aromatic amines is 2. The number of carbonyl (C=O) groups excluding carboxylic acids is 3. The molecule has 0 saturated carbocycles. The quantitative estimate of drug-likeness (QED) is 0.119. The number of amides is 3. The molecule has 59 heavy (non-hydrogen) atoms. The highest BCUT2D eigenvalue weighted by molar-refractivity contribution is 5.87. The van der Waals surface area contributed by atoms with Crippen molar-refractivity contribution in [3.8, 4) is 34.4 Å². The molecule has 4 atom stereocenters. The molecule has 0 radical (unpaired) electrons. The van der Waals surface area contributed by atoms with Crippen LogP contribution < -0.4 is 5.32 Å². The Morgan fingerprint density at radius 3 is 1.64 bits per heavy atom. The first kappa shape index (κ1) is 38.9. The molecule has 11 nitrogen and oxygen atoms in total. The SMILES string of the molecule is CC[C@@H](C(=O)N1CCC[C@H]1c1ncc(-c2ccc(C#Cc3ccc(-c4cnc([C@@H]5CCCN5C(=O)[C@H](NC(=O)OC)c5ccccc5)[nH]4)cc3)cc2)[nH]1)c1ccccc1. The molecule has 2 aliphatic rings. The maximum atomic E-state index is 13.9. The fourth-order valence-corrected chi connectivity index (χ4v) is 8.26. The molecule has 4 heterocycles. The summed E-state index contributed by atoms with van der Waals surface area (Å²) in [4.78, 5) is 59.9. The minimum atomic E-state index is -0.873. The van der Waals surface area contributed by atoms with Crippen molar-refractivity contribution in [2.75, 3.05) is 20.2 Å². The van der Waals surface area contributed by atoms with E-state index in [4.69, 9.17) is 9.72 Å². The molecule has 8 rings (SSSR count). The molecular formula is C48H47N7O4. The lowest BCUT2D eigenvalue weighted by atomic mass is 9.94. The molecule has 0 bridgehead atoms. The Labute approximate surface area is 344 Å². The molecule has 0 aliphatic carbocycles. The number of ether oxygens (including phenoxy) is 1. The molecule has 2 aromatic heterocycles. The van der Waals surface area contributed by atoms with E-state index in [1.165, 1.54) is 7.11 Å². The average molecular weight is 786 g/mol. The van der Waals surface area contributed by atoms with Crippen LogP contribution in [0.5, 0.6) is 0 Å². The fourth-order valence-electron chi connectivity index (χ4n) is 8.26. The van der Waals surface area contributed by atoms with Gasteiger partial charge in [-0.25, -0.2) is 14.8 Å². The minimum Gasteiger partial charge on any atom is -0.453 e. The van der Waals surface area contributed by atoms with Crippen molar-refractivity contribution in [2.45, 2.75) is 63.1 Å². The Morgan fingerprint density at radius 1 is 0.695 bits per heavy atom. The van der Waals surface area contributed by atoms with Crippen LogP contribution in [0.4, 0.5) is 4.79 Å². The molecule has 11 heteroatoms. The van der Waals surface area contributed by atoms with Crippen molar-refractivity contribution in [2.24, 2.45) is 0 Å². The van der Waals surface area contributed by atoms with Gasteiger partial charge < -0.3 is 29.8 Å². The second kappa shape index (κ2) is 17.7. The van der Waals surface area contributed by atoms with Crippen LogP contribution in [0.3, 0.4) is 0 Å². The topological polar surface area (TPSA) is 136 Å². The average Bonchev–Trinajstić information content (AvgIpc) is 4.13. The van der Waals surface area contributed by atoms with Gasteiger partial charge in [0, 0.05) is 24.2 Å². The van der Waals surface area contributed by atoms with Crippen molar-refractivity contribution < 1.29 is 19.1 Å². The molecule has 6 aromatic rings. The van der Waals surface area contributed by atoms with E-state index < -0.39 is 12.1 Å². The van der Waals surface area contributed by atoms with Gasteiger partial charge >= 0.3 is 6.09 Å². The second-order valence-electron chi connectivity index (χ2n) is 15.0. The first-order chi connectivity index (χ1) is 28.9. The molecule has 3 N–H and O–H groups in total. The van der Waals surface area contributed by atoms with Gasteiger partial charge in [0.1, 0.15) is 17.7 Å². The number of methoxy groups -OCH3 is 1. The van der Waals surface area contributed by atoms with E-state index in [-0.39, 0.29) is 29.8 Å². The van der Waals surface area contributed by atoms with Crippen molar-refractivity contribution in [3.05, 3.63) is 155 Å². The van der Waals surface area contributed by atoms with Crippen LogP contribution in [0.25, 0.3) is 22.5 Å². The lowest BCUT2D eigenvalue weighted by molar-refractivity contribution is -0.135. The van der Waals surface area contributed by atoms with Gasteiger partial charge in [0.15, 0.2) is 0 Å². The molecule has 0 spiro atoms. The van der Waals surface area contributed by atoms with Crippen LogP contribution in [0, 0.1) is 11.8 Å². The third kappa shape index (κ3) is 8.53. The largest absolute Gasteiger partial charge is 0.453 e. The highest BCUT2D eigenvalue weighted by Crippen LogP contribution is 2.36. The monoisotopic (exact) mass is 785 g/mol. The van der Waals surface area contributed by atoms with Gasteiger partial charge in [0.25, 0.3) is 5.91 Å². The van der Waals surface area contributed by atoms with Crippen molar-refractivity contribution in [3.63, 3.8) is 0 Å². The van der Waals surface area contributed by atoms with Crippen LogP contribution in [-0.4, -0.2) is 67.8 Å². The third-order valence-corrected chi connectivity index (χ3v) is 11.4. The van der Waals surface area contributed by atoms with E-state index in [2.05, 4.69) is 39.0 Å². The van der Waals surface area contributed by atoms with Gasteiger partial charge in [0.2, 0.25) is 5.91 Å². The van der Waals surface area contributed by atoms with E-state index in [1.54, 1.807) is 11.1 Å². The normalized spacial score (nSPS) is 17.2. The number of nitrogens with one attached hydrogen (secondary N) is 3. The zero-order valence-electron chi connectivity index (χ0n) is 33.2. The molecule has 0 unspecified atom stereocenters.